The Bertz CT molecular complexity index is 495. The quantitative estimate of drug-likeness (QED) is 0.776. The van der Waals surface area contributed by atoms with Crippen LogP contribution in [0, 0.1) is 11.7 Å². The Kier molecular flexibility index (Phi) is 5.05. The summed E-state index contributed by atoms with van der Waals surface area (Å²) in [7, 11) is 0. The largest absolute Gasteiger partial charge is 0.381 e. The fourth-order valence-electron chi connectivity index (χ4n) is 2.70. The third kappa shape index (κ3) is 4.27. The van der Waals surface area contributed by atoms with Gasteiger partial charge in [-0.3, -0.25) is 4.79 Å². The molecule has 4 nitrogen and oxygen atoms in total. The van der Waals surface area contributed by atoms with E-state index in [-0.39, 0.29) is 18.3 Å². The highest BCUT2D eigenvalue weighted by atomic mass is 19.1. The lowest BCUT2D eigenvalue weighted by atomic mass is 10.1. The maximum atomic E-state index is 13.0. The number of halogens is 1. The molecule has 22 heavy (non-hydrogen) atoms. The van der Waals surface area contributed by atoms with Crippen molar-refractivity contribution in [3.63, 3.8) is 0 Å². The average molecular weight is 307 g/mol. The van der Waals surface area contributed by atoms with Crippen LogP contribution in [0.2, 0.25) is 0 Å². The maximum Gasteiger partial charge on any atom is 0.249 e. The second kappa shape index (κ2) is 7.20. The van der Waals surface area contributed by atoms with E-state index in [0.29, 0.717) is 25.1 Å². The van der Waals surface area contributed by atoms with Crippen LogP contribution < -0.4 is 0 Å². The lowest BCUT2D eigenvalue weighted by Gasteiger charge is -2.23. The Balaban J connectivity index is 1.49. The van der Waals surface area contributed by atoms with Crippen LogP contribution in [0.1, 0.15) is 24.8 Å². The molecule has 1 heterocycles. The minimum absolute atomic E-state index is 0.0192. The van der Waals surface area contributed by atoms with Crippen LogP contribution in [-0.4, -0.2) is 43.3 Å². The molecule has 0 radical (unpaired) electrons. The van der Waals surface area contributed by atoms with E-state index in [1.807, 2.05) is 4.90 Å². The molecule has 1 saturated heterocycles. The maximum absolute atomic E-state index is 13.0. The standard InChI is InChI=1S/C17H22FNO3/c18-15-3-1-13(2-4-15)9-19(16-5-6-16)17(20)12-22-11-14-7-8-21-10-14/h1-4,14,16H,5-12H2/t14-/m0/s1. The lowest BCUT2D eigenvalue weighted by molar-refractivity contribution is -0.137. The molecule has 1 aliphatic carbocycles. The summed E-state index contributed by atoms with van der Waals surface area (Å²) < 4.78 is 23.8. The molecule has 0 aromatic heterocycles. The predicted molar refractivity (Wildman–Crippen MR) is 79.7 cm³/mol. The minimum atomic E-state index is -0.254. The van der Waals surface area contributed by atoms with Crippen molar-refractivity contribution in [2.45, 2.75) is 31.8 Å². The molecule has 1 saturated carbocycles. The minimum Gasteiger partial charge on any atom is -0.381 e. The molecule has 3 rings (SSSR count). The van der Waals surface area contributed by atoms with Gasteiger partial charge in [0.25, 0.3) is 0 Å². The summed E-state index contributed by atoms with van der Waals surface area (Å²) in [4.78, 5) is 14.2. The first-order valence-electron chi connectivity index (χ1n) is 7.92. The van der Waals surface area contributed by atoms with E-state index >= 15 is 0 Å². The molecule has 1 atom stereocenters. The number of nitrogens with zero attached hydrogens (tertiary/aromatic N) is 1. The monoisotopic (exact) mass is 307 g/mol. The Hall–Kier alpha value is -1.46. The molecule has 5 heteroatoms. The number of hydrogen-bond acceptors (Lipinski definition) is 3. The van der Waals surface area contributed by atoms with Gasteiger partial charge in [0.2, 0.25) is 5.91 Å². The molecule has 0 N–H and O–H groups in total. The van der Waals surface area contributed by atoms with Crippen molar-refractivity contribution < 1.29 is 18.7 Å². The smallest absolute Gasteiger partial charge is 0.249 e. The molecule has 1 aromatic rings. The van der Waals surface area contributed by atoms with E-state index in [1.54, 1.807) is 12.1 Å². The fourth-order valence-corrected chi connectivity index (χ4v) is 2.70. The van der Waals surface area contributed by atoms with Crippen molar-refractivity contribution in [2.24, 2.45) is 5.92 Å². The van der Waals surface area contributed by atoms with Crippen LogP contribution in [0.25, 0.3) is 0 Å². The number of hydrogen-bond donors (Lipinski definition) is 0. The summed E-state index contributed by atoms with van der Waals surface area (Å²) in [5.74, 6) is 0.181. The van der Waals surface area contributed by atoms with E-state index in [2.05, 4.69) is 0 Å². The number of carbonyl (C=O) groups excluding carboxylic acids is 1. The first-order valence-corrected chi connectivity index (χ1v) is 7.92. The van der Waals surface area contributed by atoms with Crippen molar-refractivity contribution >= 4 is 5.91 Å². The van der Waals surface area contributed by atoms with Crippen LogP contribution in [0.3, 0.4) is 0 Å². The van der Waals surface area contributed by atoms with Crippen LogP contribution in [0.15, 0.2) is 24.3 Å². The van der Waals surface area contributed by atoms with Crippen LogP contribution in [-0.2, 0) is 20.8 Å². The Morgan fingerprint density at radius 3 is 2.68 bits per heavy atom. The van der Waals surface area contributed by atoms with E-state index in [9.17, 15) is 9.18 Å². The number of ether oxygens (including phenoxy) is 2. The molecule has 1 aliphatic heterocycles. The summed E-state index contributed by atoms with van der Waals surface area (Å²) in [5.41, 5.74) is 0.950. The van der Waals surface area contributed by atoms with Gasteiger partial charge in [-0.05, 0) is 37.0 Å². The van der Waals surface area contributed by atoms with Gasteiger partial charge in [0.05, 0.1) is 13.2 Å². The van der Waals surface area contributed by atoms with Gasteiger partial charge in [0, 0.05) is 25.1 Å². The molecule has 2 fully saturated rings. The van der Waals surface area contributed by atoms with Gasteiger partial charge >= 0.3 is 0 Å². The SMILES string of the molecule is O=C(COC[C@H]1CCOC1)N(Cc1ccc(F)cc1)C1CC1. The average Bonchev–Trinajstić information content (AvgIpc) is 3.23. The number of carbonyl (C=O) groups is 1. The van der Waals surface area contributed by atoms with Gasteiger partial charge in [-0.15, -0.1) is 0 Å². The summed E-state index contributed by atoms with van der Waals surface area (Å²) in [6.45, 7) is 2.76. The second-order valence-corrected chi connectivity index (χ2v) is 6.12. The zero-order chi connectivity index (χ0) is 15.4. The second-order valence-electron chi connectivity index (χ2n) is 6.12. The summed E-state index contributed by atoms with van der Waals surface area (Å²) >= 11 is 0. The third-order valence-electron chi connectivity index (χ3n) is 4.18. The van der Waals surface area contributed by atoms with Crippen LogP contribution >= 0.6 is 0 Å². The number of rotatable bonds is 7. The first-order chi connectivity index (χ1) is 10.7. The molecular weight excluding hydrogens is 285 g/mol. The van der Waals surface area contributed by atoms with E-state index in [0.717, 1.165) is 38.0 Å². The molecule has 0 bridgehead atoms. The summed E-state index contributed by atoms with van der Waals surface area (Å²) in [6.07, 6.45) is 3.10. The fraction of sp³-hybridized carbons (Fsp3) is 0.588. The Labute approximate surface area is 130 Å². The molecule has 120 valence electrons. The van der Waals surface area contributed by atoms with Crippen molar-refractivity contribution in [1.82, 2.24) is 4.90 Å². The van der Waals surface area contributed by atoms with E-state index in [1.165, 1.54) is 12.1 Å². The lowest BCUT2D eigenvalue weighted by Crippen LogP contribution is -2.35. The third-order valence-corrected chi connectivity index (χ3v) is 4.18. The van der Waals surface area contributed by atoms with Crippen molar-refractivity contribution in [1.29, 1.82) is 0 Å². The van der Waals surface area contributed by atoms with Gasteiger partial charge in [-0.1, -0.05) is 12.1 Å². The van der Waals surface area contributed by atoms with Gasteiger partial charge in [0.15, 0.2) is 0 Å². The molecule has 0 unspecified atom stereocenters. The molecule has 1 amide bonds. The zero-order valence-corrected chi connectivity index (χ0v) is 12.7. The predicted octanol–water partition coefficient (Wildman–Crippen LogP) is 2.37. The zero-order valence-electron chi connectivity index (χ0n) is 12.7. The van der Waals surface area contributed by atoms with Gasteiger partial charge in [-0.2, -0.15) is 0 Å². The van der Waals surface area contributed by atoms with Gasteiger partial charge in [-0.25, -0.2) is 4.39 Å². The molecular formula is C17H22FNO3. The molecule has 0 spiro atoms. The normalized spacial score (nSPS) is 21.0. The number of amides is 1. The Morgan fingerprint density at radius 2 is 2.05 bits per heavy atom. The van der Waals surface area contributed by atoms with E-state index in [4.69, 9.17) is 9.47 Å². The topological polar surface area (TPSA) is 38.8 Å². The molecule has 1 aromatic carbocycles. The van der Waals surface area contributed by atoms with Crippen LogP contribution in [0.5, 0.6) is 0 Å². The van der Waals surface area contributed by atoms with Gasteiger partial charge < -0.3 is 14.4 Å². The van der Waals surface area contributed by atoms with Crippen LogP contribution in [0.4, 0.5) is 4.39 Å². The highest BCUT2D eigenvalue weighted by Crippen LogP contribution is 2.28. The number of benzene rings is 1. The van der Waals surface area contributed by atoms with Gasteiger partial charge in [0.1, 0.15) is 12.4 Å². The van der Waals surface area contributed by atoms with Crippen molar-refractivity contribution in [3.8, 4) is 0 Å². The highest BCUT2D eigenvalue weighted by molar-refractivity contribution is 5.78. The molecule has 2 aliphatic rings. The highest BCUT2D eigenvalue weighted by Gasteiger charge is 2.32. The Morgan fingerprint density at radius 1 is 1.27 bits per heavy atom. The van der Waals surface area contributed by atoms with Crippen molar-refractivity contribution in [3.05, 3.63) is 35.6 Å². The first kappa shape index (κ1) is 15.4. The van der Waals surface area contributed by atoms with E-state index < -0.39 is 0 Å². The summed E-state index contributed by atoms with van der Waals surface area (Å²) in [6, 6.07) is 6.64. The van der Waals surface area contributed by atoms with Crippen molar-refractivity contribution in [2.75, 3.05) is 26.4 Å². The summed E-state index contributed by atoms with van der Waals surface area (Å²) in [5, 5.41) is 0.